The molecule has 1 atom stereocenters. The van der Waals surface area contributed by atoms with E-state index in [-0.39, 0.29) is 5.92 Å². The van der Waals surface area contributed by atoms with Crippen LogP contribution in [-0.4, -0.2) is 14.2 Å². The molecule has 136 valence electrons. The van der Waals surface area contributed by atoms with Crippen molar-refractivity contribution in [2.75, 3.05) is 14.2 Å². The third kappa shape index (κ3) is 3.06. The summed E-state index contributed by atoms with van der Waals surface area (Å²) >= 11 is 0. The number of hydrogen-bond donors (Lipinski definition) is 0. The average molecular weight is 358 g/mol. The fourth-order valence-electron chi connectivity index (χ4n) is 3.71. The molecule has 3 aromatic rings. The molecule has 3 aromatic carbocycles. The van der Waals surface area contributed by atoms with Crippen molar-refractivity contribution in [3.63, 3.8) is 0 Å². The molecule has 0 unspecified atom stereocenters. The second-order valence-corrected chi connectivity index (χ2v) is 6.57. The first-order valence-electron chi connectivity index (χ1n) is 8.98. The summed E-state index contributed by atoms with van der Waals surface area (Å²) < 4.78 is 17.2. The van der Waals surface area contributed by atoms with Gasteiger partial charge in [0.1, 0.15) is 11.5 Å². The molecule has 0 spiro atoms. The van der Waals surface area contributed by atoms with Crippen LogP contribution in [-0.2, 0) is 0 Å². The zero-order valence-electron chi connectivity index (χ0n) is 15.7. The standard InChI is InChI=1S/C24H22O3/c1-16-23(17-9-5-4-6-10-17)19-11-7-8-12-20(19)27-24(16)18-13-14-21(25-2)22(15-18)26-3/h4-15,23H,1-3H3/t23-/m0/s1. The SMILES string of the molecule is COc1ccc(C2=C(C)[C@@H](c3ccccc3)c3ccccc3O2)cc1OC. The maximum absolute atomic E-state index is 6.34. The molecule has 1 aliphatic heterocycles. The molecule has 0 radical (unpaired) electrons. The van der Waals surface area contributed by atoms with Gasteiger partial charge in [-0.15, -0.1) is 0 Å². The Balaban J connectivity index is 1.88. The Bertz CT molecular complexity index is 990. The number of methoxy groups -OCH3 is 2. The molecule has 0 aliphatic carbocycles. The Morgan fingerprint density at radius 2 is 1.48 bits per heavy atom. The molecule has 0 N–H and O–H groups in total. The molecule has 3 heteroatoms. The van der Waals surface area contributed by atoms with Crippen molar-refractivity contribution in [2.24, 2.45) is 0 Å². The molecule has 0 saturated carbocycles. The molecule has 1 heterocycles. The van der Waals surface area contributed by atoms with Crippen LogP contribution in [0.25, 0.3) is 5.76 Å². The molecule has 0 amide bonds. The highest BCUT2D eigenvalue weighted by Crippen LogP contribution is 2.46. The Labute approximate surface area is 159 Å². The Morgan fingerprint density at radius 3 is 2.22 bits per heavy atom. The van der Waals surface area contributed by atoms with E-state index < -0.39 is 0 Å². The lowest BCUT2D eigenvalue weighted by atomic mass is 9.82. The molecular weight excluding hydrogens is 336 g/mol. The molecular formula is C24H22O3. The number of para-hydroxylation sites is 1. The van der Waals surface area contributed by atoms with E-state index in [1.54, 1.807) is 14.2 Å². The zero-order chi connectivity index (χ0) is 18.8. The molecule has 1 aliphatic rings. The van der Waals surface area contributed by atoms with Gasteiger partial charge in [-0.1, -0.05) is 48.5 Å². The Kier molecular flexibility index (Phi) is 4.59. The monoisotopic (exact) mass is 358 g/mol. The van der Waals surface area contributed by atoms with Crippen LogP contribution < -0.4 is 14.2 Å². The molecule has 0 bridgehead atoms. The lowest BCUT2D eigenvalue weighted by Crippen LogP contribution is -2.15. The van der Waals surface area contributed by atoms with Crippen molar-refractivity contribution in [3.05, 3.63) is 95.1 Å². The largest absolute Gasteiger partial charge is 0.493 e. The highest BCUT2D eigenvalue weighted by Gasteiger charge is 2.29. The molecule has 3 nitrogen and oxygen atoms in total. The van der Waals surface area contributed by atoms with E-state index in [0.29, 0.717) is 11.5 Å². The van der Waals surface area contributed by atoms with Crippen LogP contribution in [0, 0.1) is 0 Å². The summed E-state index contributed by atoms with van der Waals surface area (Å²) in [4.78, 5) is 0. The van der Waals surface area contributed by atoms with Gasteiger partial charge < -0.3 is 14.2 Å². The van der Waals surface area contributed by atoms with E-state index in [9.17, 15) is 0 Å². The zero-order valence-corrected chi connectivity index (χ0v) is 15.7. The first kappa shape index (κ1) is 17.2. The van der Waals surface area contributed by atoms with Crippen molar-refractivity contribution in [1.29, 1.82) is 0 Å². The molecule has 0 saturated heterocycles. The maximum atomic E-state index is 6.34. The normalized spacial score (nSPS) is 15.7. The van der Waals surface area contributed by atoms with Gasteiger partial charge in [-0.2, -0.15) is 0 Å². The van der Waals surface area contributed by atoms with Crippen LogP contribution in [0.3, 0.4) is 0 Å². The predicted octanol–water partition coefficient (Wildman–Crippen LogP) is 5.66. The molecule has 4 rings (SSSR count). The number of rotatable bonds is 4. The third-order valence-corrected chi connectivity index (χ3v) is 5.01. The summed E-state index contributed by atoms with van der Waals surface area (Å²) in [5.74, 6) is 3.30. The quantitative estimate of drug-likeness (QED) is 0.602. The second-order valence-electron chi connectivity index (χ2n) is 6.57. The van der Waals surface area contributed by atoms with E-state index in [4.69, 9.17) is 14.2 Å². The van der Waals surface area contributed by atoms with Crippen LogP contribution in [0.1, 0.15) is 29.5 Å². The van der Waals surface area contributed by atoms with E-state index in [1.807, 2.05) is 36.4 Å². The average Bonchev–Trinajstić information content (AvgIpc) is 2.73. The number of benzene rings is 3. The molecule has 0 aromatic heterocycles. The highest BCUT2D eigenvalue weighted by atomic mass is 16.5. The van der Waals surface area contributed by atoms with Gasteiger partial charge in [0.05, 0.1) is 14.2 Å². The van der Waals surface area contributed by atoms with E-state index in [1.165, 1.54) is 16.7 Å². The summed E-state index contributed by atoms with van der Waals surface area (Å²) in [5.41, 5.74) is 4.59. The summed E-state index contributed by atoms with van der Waals surface area (Å²) in [7, 11) is 3.29. The van der Waals surface area contributed by atoms with Crippen LogP contribution in [0.4, 0.5) is 0 Å². The van der Waals surface area contributed by atoms with Crippen LogP contribution in [0.5, 0.6) is 17.2 Å². The lowest BCUT2D eigenvalue weighted by Gasteiger charge is -2.30. The van der Waals surface area contributed by atoms with Crippen molar-refractivity contribution in [1.82, 2.24) is 0 Å². The van der Waals surface area contributed by atoms with Crippen molar-refractivity contribution >= 4 is 5.76 Å². The number of fused-ring (bicyclic) bond motifs is 1. The minimum absolute atomic E-state index is 0.152. The molecule has 0 fully saturated rings. The van der Waals surface area contributed by atoms with Gasteiger partial charge in [0, 0.05) is 17.0 Å². The minimum atomic E-state index is 0.152. The third-order valence-electron chi connectivity index (χ3n) is 5.01. The van der Waals surface area contributed by atoms with Gasteiger partial charge in [0.25, 0.3) is 0 Å². The van der Waals surface area contributed by atoms with Gasteiger partial charge in [0.2, 0.25) is 0 Å². The summed E-state index contributed by atoms with van der Waals surface area (Å²) in [6.45, 7) is 2.14. The van der Waals surface area contributed by atoms with Gasteiger partial charge in [-0.3, -0.25) is 0 Å². The first-order chi connectivity index (χ1) is 13.2. The summed E-state index contributed by atoms with van der Waals surface area (Å²) in [6.07, 6.45) is 0. The Morgan fingerprint density at radius 1 is 0.778 bits per heavy atom. The number of allylic oxidation sites excluding steroid dienone is 1. The maximum Gasteiger partial charge on any atom is 0.161 e. The van der Waals surface area contributed by atoms with Gasteiger partial charge in [0.15, 0.2) is 11.5 Å². The minimum Gasteiger partial charge on any atom is -0.493 e. The van der Waals surface area contributed by atoms with Gasteiger partial charge in [-0.25, -0.2) is 0 Å². The fraction of sp³-hybridized carbons (Fsp3) is 0.167. The van der Waals surface area contributed by atoms with Gasteiger partial charge >= 0.3 is 0 Å². The smallest absolute Gasteiger partial charge is 0.161 e. The van der Waals surface area contributed by atoms with Crippen molar-refractivity contribution < 1.29 is 14.2 Å². The second kappa shape index (κ2) is 7.20. The summed E-state index contributed by atoms with van der Waals surface area (Å²) in [5, 5.41) is 0. The van der Waals surface area contributed by atoms with Crippen LogP contribution in [0.15, 0.2) is 78.4 Å². The first-order valence-corrected chi connectivity index (χ1v) is 8.98. The Hall–Kier alpha value is -3.20. The fourth-order valence-corrected chi connectivity index (χ4v) is 3.71. The van der Waals surface area contributed by atoms with Crippen LogP contribution in [0.2, 0.25) is 0 Å². The topological polar surface area (TPSA) is 27.7 Å². The predicted molar refractivity (Wildman–Crippen MR) is 107 cm³/mol. The van der Waals surface area contributed by atoms with Crippen molar-refractivity contribution in [3.8, 4) is 17.2 Å². The van der Waals surface area contributed by atoms with E-state index in [2.05, 4.69) is 43.3 Å². The molecule has 27 heavy (non-hydrogen) atoms. The van der Waals surface area contributed by atoms with Crippen LogP contribution >= 0.6 is 0 Å². The van der Waals surface area contributed by atoms with Gasteiger partial charge in [-0.05, 0) is 42.3 Å². The highest BCUT2D eigenvalue weighted by molar-refractivity contribution is 5.73. The lowest BCUT2D eigenvalue weighted by molar-refractivity contribution is 0.354. The summed E-state index contributed by atoms with van der Waals surface area (Å²) in [6, 6.07) is 24.7. The van der Waals surface area contributed by atoms with Crippen molar-refractivity contribution in [2.45, 2.75) is 12.8 Å². The number of hydrogen-bond acceptors (Lipinski definition) is 3. The van der Waals surface area contributed by atoms with E-state index >= 15 is 0 Å². The van der Waals surface area contributed by atoms with E-state index in [0.717, 1.165) is 17.1 Å². The number of ether oxygens (including phenoxy) is 3.